The topological polar surface area (TPSA) is 71.4 Å². The maximum atomic E-state index is 11.4. The van der Waals surface area contributed by atoms with Gasteiger partial charge < -0.3 is 5.11 Å². The van der Waals surface area contributed by atoms with E-state index in [1.54, 1.807) is 20.8 Å². The highest BCUT2D eigenvalue weighted by Crippen LogP contribution is 2.18. The summed E-state index contributed by atoms with van der Waals surface area (Å²) in [6.07, 6.45) is -0.295. The van der Waals surface area contributed by atoms with Crippen LogP contribution in [0.1, 0.15) is 34.1 Å². The third kappa shape index (κ3) is 3.68. The molecule has 0 aromatic carbocycles. The van der Waals surface area contributed by atoms with Crippen molar-refractivity contribution in [1.29, 1.82) is 0 Å². The highest BCUT2D eigenvalue weighted by molar-refractivity contribution is 6.08. The number of aliphatic carboxylic acids is 1. The summed E-state index contributed by atoms with van der Waals surface area (Å²) in [7, 11) is 0. The van der Waals surface area contributed by atoms with Crippen LogP contribution in [-0.2, 0) is 14.4 Å². The molecule has 0 radical (unpaired) electrons. The van der Waals surface area contributed by atoms with Gasteiger partial charge in [-0.05, 0) is 6.92 Å². The number of Topliss-reactive ketones (excluding diaryl/α,β-unsaturated/α-hetero) is 2. The molecule has 0 aromatic rings. The molecule has 1 N–H and O–H groups in total. The Balaban J connectivity index is 4.35. The third-order valence-corrected chi connectivity index (χ3v) is 2.02. The first-order valence-corrected chi connectivity index (χ1v) is 4.45. The van der Waals surface area contributed by atoms with Gasteiger partial charge >= 0.3 is 5.97 Å². The Bertz CT molecular complexity index is 260. The molecular weight excluding hydrogens is 184 g/mol. The van der Waals surface area contributed by atoms with Gasteiger partial charge in [0.1, 0.15) is 11.7 Å². The Morgan fingerprint density at radius 1 is 1.21 bits per heavy atom. The SMILES string of the molecule is CC(C(=O)O)C(=O)CC(=O)C(C)(C)C. The summed E-state index contributed by atoms with van der Waals surface area (Å²) in [5, 5.41) is 8.54. The number of carboxylic acids is 1. The molecule has 0 saturated heterocycles. The Kier molecular flexibility index (Phi) is 3.98. The van der Waals surface area contributed by atoms with Crippen LogP contribution in [-0.4, -0.2) is 22.6 Å². The highest BCUT2D eigenvalue weighted by Gasteiger charge is 2.28. The molecule has 0 heterocycles. The van der Waals surface area contributed by atoms with E-state index in [0.717, 1.165) is 0 Å². The maximum absolute atomic E-state index is 11.4. The monoisotopic (exact) mass is 200 g/mol. The summed E-state index contributed by atoms with van der Waals surface area (Å²) in [5.41, 5.74) is -0.589. The molecule has 4 nitrogen and oxygen atoms in total. The van der Waals surface area contributed by atoms with E-state index in [1.165, 1.54) is 6.92 Å². The number of carbonyl (C=O) groups is 3. The van der Waals surface area contributed by atoms with E-state index in [0.29, 0.717) is 0 Å². The maximum Gasteiger partial charge on any atom is 0.313 e. The van der Waals surface area contributed by atoms with Crippen LogP contribution in [0.2, 0.25) is 0 Å². The van der Waals surface area contributed by atoms with Crippen LogP contribution >= 0.6 is 0 Å². The molecule has 0 bridgehead atoms. The number of rotatable bonds is 4. The van der Waals surface area contributed by atoms with E-state index in [2.05, 4.69) is 0 Å². The fraction of sp³-hybridized carbons (Fsp3) is 0.700. The van der Waals surface area contributed by atoms with Crippen molar-refractivity contribution in [2.45, 2.75) is 34.1 Å². The first-order valence-electron chi connectivity index (χ1n) is 4.45. The molecule has 0 saturated carbocycles. The summed E-state index contributed by atoms with van der Waals surface area (Å²) < 4.78 is 0. The second-order valence-electron chi connectivity index (χ2n) is 4.38. The molecule has 14 heavy (non-hydrogen) atoms. The number of hydrogen-bond acceptors (Lipinski definition) is 3. The van der Waals surface area contributed by atoms with Gasteiger partial charge in [0.2, 0.25) is 0 Å². The quantitative estimate of drug-likeness (QED) is 0.694. The lowest BCUT2D eigenvalue weighted by molar-refractivity contribution is -0.146. The van der Waals surface area contributed by atoms with Crippen molar-refractivity contribution in [3.05, 3.63) is 0 Å². The van der Waals surface area contributed by atoms with E-state index in [4.69, 9.17) is 5.11 Å². The van der Waals surface area contributed by atoms with Crippen LogP contribution in [0.5, 0.6) is 0 Å². The lowest BCUT2D eigenvalue weighted by Gasteiger charge is -2.16. The van der Waals surface area contributed by atoms with Gasteiger partial charge in [-0.15, -0.1) is 0 Å². The second kappa shape index (κ2) is 4.35. The van der Waals surface area contributed by atoms with Gasteiger partial charge in [-0.1, -0.05) is 20.8 Å². The zero-order valence-electron chi connectivity index (χ0n) is 8.96. The highest BCUT2D eigenvalue weighted by atomic mass is 16.4. The normalized spacial score (nSPS) is 13.4. The number of hydrogen-bond donors (Lipinski definition) is 1. The average Bonchev–Trinajstić information content (AvgIpc) is 2.00. The zero-order valence-corrected chi connectivity index (χ0v) is 8.96. The fourth-order valence-corrected chi connectivity index (χ4v) is 0.714. The standard InChI is InChI=1S/C10H16O4/c1-6(9(13)14)7(11)5-8(12)10(2,3)4/h6H,5H2,1-4H3,(H,13,14). The molecule has 0 rings (SSSR count). The Morgan fingerprint density at radius 2 is 1.64 bits per heavy atom. The first-order chi connectivity index (χ1) is 6.16. The number of ketones is 2. The van der Waals surface area contributed by atoms with Crippen molar-refractivity contribution >= 4 is 17.5 Å². The molecule has 0 aromatic heterocycles. The van der Waals surface area contributed by atoms with Crippen LogP contribution in [0.25, 0.3) is 0 Å². The lowest BCUT2D eigenvalue weighted by atomic mass is 9.86. The molecule has 0 fully saturated rings. The van der Waals surface area contributed by atoms with Crippen molar-refractivity contribution in [2.24, 2.45) is 11.3 Å². The van der Waals surface area contributed by atoms with Crippen LogP contribution in [0, 0.1) is 11.3 Å². The first kappa shape index (κ1) is 12.8. The van der Waals surface area contributed by atoms with Gasteiger partial charge in [-0.3, -0.25) is 14.4 Å². The smallest absolute Gasteiger partial charge is 0.313 e. The van der Waals surface area contributed by atoms with Crippen LogP contribution in [0.3, 0.4) is 0 Å². The largest absolute Gasteiger partial charge is 0.481 e. The molecule has 0 amide bonds. The molecule has 4 heteroatoms. The van der Waals surface area contributed by atoms with Gasteiger partial charge in [0.25, 0.3) is 0 Å². The number of carboxylic acid groups (broad SMARTS) is 1. The predicted molar refractivity (Wildman–Crippen MR) is 50.9 cm³/mol. The lowest BCUT2D eigenvalue weighted by Crippen LogP contribution is -2.28. The van der Waals surface area contributed by atoms with Gasteiger partial charge in [-0.25, -0.2) is 0 Å². The van der Waals surface area contributed by atoms with Crippen molar-refractivity contribution in [3.63, 3.8) is 0 Å². The Hall–Kier alpha value is -1.19. The summed E-state index contributed by atoms with van der Waals surface area (Å²) in [6.45, 7) is 6.40. The molecule has 0 aliphatic carbocycles. The molecule has 0 spiro atoms. The molecular formula is C10H16O4. The Labute approximate surface area is 83.3 Å². The van der Waals surface area contributed by atoms with Gasteiger partial charge in [0, 0.05) is 5.41 Å². The van der Waals surface area contributed by atoms with Gasteiger partial charge in [-0.2, -0.15) is 0 Å². The van der Waals surface area contributed by atoms with Gasteiger partial charge in [0.15, 0.2) is 5.78 Å². The van der Waals surface area contributed by atoms with E-state index in [9.17, 15) is 14.4 Å². The summed E-state index contributed by atoms with van der Waals surface area (Å²) in [4.78, 5) is 33.1. The summed E-state index contributed by atoms with van der Waals surface area (Å²) >= 11 is 0. The molecule has 0 aliphatic rings. The summed E-state index contributed by atoms with van der Waals surface area (Å²) in [5.74, 6) is -3.04. The van der Waals surface area contributed by atoms with E-state index >= 15 is 0 Å². The van der Waals surface area contributed by atoms with E-state index in [1.807, 2.05) is 0 Å². The fourth-order valence-electron chi connectivity index (χ4n) is 0.714. The summed E-state index contributed by atoms with van der Waals surface area (Å²) in [6, 6.07) is 0. The molecule has 0 aliphatic heterocycles. The molecule has 1 unspecified atom stereocenters. The minimum absolute atomic E-state index is 0.226. The van der Waals surface area contributed by atoms with Crippen molar-refractivity contribution in [2.75, 3.05) is 0 Å². The van der Waals surface area contributed by atoms with E-state index in [-0.39, 0.29) is 12.2 Å². The van der Waals surface area contributed by atoms with Crippen LogP contribution in [0.15, 0.2) is 0 Å². The van der Waals surface area contributed by atoms with Crippen LogP contribution in [0.4, 0.5) is 0 Å². The predicted octanol–water partition coefficient (Wildman–Crippen LogP) is 1.28. The average molecular weight is 200 g/mol. The zero-order chi connectivity index (χ0) is 11.5. The van der Waals surface area contributed by atoms with Gasteiger partial charge in [0.05, 0.1) is 6.42 Å². The second-order valence-corrected chi connectivity index (χ2v) is 4.38. The van der Waals surface area contributed by atoms with Crippen molar-refractivity contribution in [1.82, 2.24) is 0 Å². The number of carbonyl (C=O) groups excluding carboxylic acids is 2. The minimum atomic E-state index is -1.18. The van der Waals surface area contributed by atoms with E-state index < -0.39 is 23.1 Å². The molecule has 1 atom stereocenters. The van der Waals surface area contributed by atoms with Crippen molar-refractivity contribution in [3.8, 4) is 0 Å². The van der Waals surface area contributed by atoms with Crippen LogP contribution < -0.4 is 0 Å². The van der Waals surface area contributed by atoms with Crippen molar-refractivity contribution < 1.29 is 19.5 Å². The minimum Gasteiger partial charge on any atom is -0.481 e. The molecule has 80 valence electrons. The third-order valence-electron chi connectivity index (χ3n) is 2.02. The Morgan fingerprint density at radius 3 is 1.93 bits per heavy atom.